The van der Waals surface area contributed by atoms with Crippen LogP contribution < -0.4 is 0 Å². The normalized spacial score (nSPS) is 11.0. The van der Waals surface area contributed by atoms with Gasteiger partial charge in [0.05, 0.1) is 5.56 Å². The topological polar surface area (TPSA) is 68.0 Å². The molecule has 0 spiro atoms. The Morgan fingerprint density at radius 1 is 1.07 bits per heavy atom. The van der Waals surface area contributed by atoms with Gasteiger partial charge in [0.15, 0.2) is 0 Å². The van der Waals surface area contributed by atoms with Crippen molar-refractivity contribution in [2.24, 2.45) is 0 Å². The molecule has 3 rings (SSSR count). The number of aromatic carboxylic acids is 1. The highest BCUT2D eigenvalue weighted by Gasteiger charge is 2.10. The van der Waals surface area contributed by atoms with Crippen LogP contribution in [0, 0.1) is 6.92 Å². The quantitative estimate of drug-likeness (QED) is 0.546. The van der Waals surface area contributed by atoms with Crippen molar-refractivity contribution in [1.29, 1.82) is 0 Å². The number of nitrogens with zero attached hydrogens (tertiary/aromatic N) is 3. The summed E-state index contributed by atoms with van der Waals surface area (Å²) in [7, 11) is 0. The van der Waals surface area contributed by atoms with E-state index < -0.39 is 5.97 Å². The van der Waals surface area contributed by atoms with Crippen LogP contribution in [0.15, 0.2) is 48.7 Å². The third-order valence-corrected chi connectivity index (χ3v) is 5.16. The fourth-order valence-electron chi connectivity index (χ4n) is 3.71. The molecule has 1 N–H and O–H groups in total. The van der Waals surface area contributed by atoms with Crippen LogP contribution in [0.3, 0.4) is 0 Å². The number of hydrogen-bond acceptors (Lipinski definition) is 3. The Morgan fingerprint density at radius 2 is 1.86 bits per heavy atom. The molecule has 1 aromatic carbocycles. The summed E-state index contributed by atoms with van der Waals surface area (Å²) in [6, 6.07) is 13.9. The molecule has 2 heterocycles. The second-order valence-corrected chi connectivity index (χ2v) is 7.41. The van der Waals surface area contributed by atoms with Gasteiger partial charge < -0.3 is 9.67 Å². The van der Waals surface area contributed by atoms with Crippen molar-refractivity contribution in [2.45, 2.75) is 58.9 Å². The monoisotopic (exact) mass is 391 g/mol. The smallest absolute Gasteiger partial charge is 0.335 e. The van der Waals surface area contributed by atoms with Crippen LogP contribution in [-0.4, -0.2) is 25.6 Å². The molecular weight excluding hydrogens is 362 g/mol. The molecule has 5 heteroatoms. The van der Waals surface area contributed by atoms with E-state index in [1.54, 1.807) is 12.1 Å². The summed E-state index contributed by atoms with van der Waals surface area (Å²) in [5.74, 6) is 0.208. The summed E-state index contributed by atoms with van der Waals surface area (Å²) in [4.78, 5) is 20.4. The van der Waals surface area contributed by atoms with E-state index in [-0.39, 0.29) is 0 Å². The SMILES string of the molecule is CCc1cnc(CCCc2cc(C(=O)O)cc(C)n2)n1CCCc1ccccc1. The number of hydrogen-bond donors (Lipinski definition) is 1. The zero-order chi connectivity index (χ0) is 20.6. The van der Waals surface area contributed by atoms with Gasteiger partial charge in [-0.05, 0) is 56.7 Å². The standard InChI is InChI=1S/C24H29N3O2/c1-3-22-17-25-23(27(22)14-8-11-19-9-5-4-6-10-19)13-7-12-21-16-20(24(28)29)15-18(2)26-21/h4-6,9-10,15-17H,3,7-8,11-14H2,1-2H3,(H,28,29). The second-order valence-electron chi connectivity index (χ2n) is 7.41. The molecule has 2 aromatic heterocycles. The van der Waals surface area contributed by atoms with Gasteiger partial charge in [0.1, 0.15) is 5.82 Å². The molecule has 0 radical (unpaired) electrons. The van der Waals surface area contributed by atoms with Crippen LogP contribution >= 0.6 is 0 Å². The molecule has 0 amide bonds. The average molecular weight is 392 g/mol. The fourth-order valence-corrected chi connectivity index (χ4v) is 3.71. The lowest BCUT2D eigenvalue weighted by Gasteiger charge is -2.12. The van der Waals surface area contributed by atoms with E-state index in [9.17, 15) is 9.90 Å². The lowest BCUT2D eigenvalue weighted by molar-refractivity contribution is 0.0696. The Balaban J connectivity index is 1.59. The molecule has 5 nitrogen and oxygen atoms in total. The number of pyridine rings is 1. The van der Waals surface area contributed by atoms with Gasteiger partial charge in [0.2, 0.25) is 0 Å². The summed E-state index contributed by atoms with van der Waals surface area (Å²) in [6.07, 6.45) is 7.62. The molecule has 0 saturated carbocycles. The zero-order valence-corrected chi connectivity index (χ0v) is 17.3. The predicted molar refractivity (Wildman–Crippen MR) is 114 cm³/mol. The molecule has 0 fully saturated rings. The van der Waals surface area contributed by atoms with Crippen molar-refractivity contribution in [3.05, 3.63) is 82.7 Å². The maximum absolute atomic E-state index is 11.2. The van der Waals surface area contributed by atoms with Crippen LogP contribution in [0.5, 0.6) is 0 Å². The van der Waals surface area contributed by atoms with E-state index in [0.717, 1.165) is 62.3 Å². The highest BCUT2D eigenvalue weighted by atomic mass is 16.4. The van der Waals surface area contributed by atoms with Gasteiger partial charge in [-0.25, -0.2) is 9.78 Å². The molecule has 0 aliphatic carbocycles. The third kappa shape index (κ3) is 5.76. The number of benzene rings is 1. The minimum atomic E-state index is -0.904. The zero-order valence-electron chi connectivity index (χ0n) is 17.3. The van der Waals surface area contributed by atoms with Crippen LogP contribution in [0.4, 0.5) is 0 Å². The summed E-state index contributed by atoms with van der Waals surface area (Å²) >= 11 is 0. The minimum Gasteiger partial charge on any atom is -0.478 e. The molecular formula is C24H29N3O2. The van der Waals surface area contributed by atoms with E-state index in [2.05, 4.69) is 51.8 Å². The van der Waals surface area contributed by atoms with Crippen molar-refractivity contribution in [1.82, 2.24) is 14.5 Å². The maximum atomic E-state index is 11.2. The van der Waals surface area contributed by atoms with E-state index >= 15 is 0 Å². The van der Waals surface area contributed by atoms with Gasteiger partial charge in [-0.1, -0.05) is 37.3 Å². The summed E-state index contributed by atoms with van der Waals surface area (Å²) < 4.78 is 2.36. The number of carbonyl (C=O) groups is 1. The Morgan fingerprint density at radius 3 is 2.59 bits per heavy atom. The molecule has 0 bridgehead atoms. The van der Waals surface area contributed by atoms with Crippen molar-refractivity contribution in [3.8, 4) is 0 Å². The maximum Gasteiger partial charge on any atom is 0.335 e. The van der Waals surface area contributed by atoms with Crippen molar-refractivity contribution in [2.75, 3.05) is 0 Å². The van der Waals surface area contributed by atoms with Gasteiger partial charge in [0, 0.05) is 36.2 Å². The molecule has 0 unspecified atom stereocenters. The summed E-state index contributed by atoms with van der Waals surface area (Å²) in [5.41, 5.74) is 4.53. The van der Waals surface area contributed by atoms with Gasteiger partial charge in [0.25, 0.3) is 0 Å². The Bertz CT molecular complexity index is 948. The molecule has 152 valence electrons. The molecule has 3 aromatic rings. The van der Waals surface area contributed by atoms with Crippen molar-refractivity contribution in [3.63, 3.8) is 0 Å². The van der Waals surface area contributed by atoms with Gasteiger partial charge in [-0.2, -0.15) is 0 Å². The summed E-state index contributed by atoms with van der Waals surface area (Å²) in [5, 5.41) is 9.23. The number of carboxylic acid groups (broad SMARTS) is 1. The number of carboxylic acids is 1. The lowest BCUT2D eigenvalue weighted by Crippen LogP contribution is -2.09. The average Bonchev–Trinajstić information content (AvgIpc) is 3.10. The molecule has 0 aliphatic rings. The van der Waals surface area contributed by atoms with Crippen molar-refractivity contribution < 1.29 is 9.90 Å². The van der Waals surface area contributed by atoms with E-state index in [1.165, 1.54) is 11.3 Å². The van der Waals surface area contributed by atoms with Crippen molar-refractivity contribution >= 4 is 5.97 Å². The number of aromatic nitrogens is 3. The van der Waals surface area contributed by atoms with E-state index in [4.69, 9.17) is 0 Å². The largest absolute Gasteiger partial charge is 0.478 e. The molecule has 0 saturated heterocycles. The Labute approximate surface area is 172 Å². The van der Waals surface area contributed by atoms with Gasteiger partial charge in [-0.15, -0.1) is 0 Å². The van der Waals surface area contributed by atoms with Crippen LogP contribution in [0.25, 0.3) is 0 Å². The predicted octanol–water partition coefficient (Wildman–Crippen LogP) is 4.66. The molecule has 0 aliphatic heterocycles. The first-order valence-corrected chi connectivity index (χ1v) is 10.3. The number of imidazole rings is 1. The summed E-state index contributed by atoms with van der Waals surface area (Å²) in [6.45, 7) is 4.97. The van der Waals surface area contributed by atoms with Crippen LogP contribution in [0.1, 0.15) is 58.6 Å². The highest BCUT2D eigenvalue weighted by Crippen LogP contribution is 2.14. The van der Waals surface area contributed by atoms with Gasteiger partial charge >= 0.3 is 5.97 Å². The Kier molecular flexibility index (Phi) is 7.17. The first kappa shape index (κ1) is 20.8. The van der Waals surface area contributed by atoms with Gasteiger partial charge in [-0.3, -0.25) is 4.98 Å². The number of aryl methyl sites for hydroxylation is 5. The van der Waals surface area contributed by atoms with E-state index in [1.807, 2.05) is 13.1 Å². The second kappa shape index (κ2) is 10.0. The van der Waals surface area contributed by atoms with E-state index in [0.29, 0.717) is 5.56 Å². The first-order valence-electron chi connectivity index (χ1n) is 10.3. The first-order chi connectivity index (χ1) is 14.1. The minimum absolute atomic E-state index is 0.309. The third-order valence-electron chi connectivity index (χ3n) is 5.16. The Hall–Kier alpha value is -2.95. The van der Waals surface area contributed by atoms with Crippen LogP contribution in [-0.2, 0) is 32.2 Å². The molecule has 29 heavy (non-hydrogen) atoms. The number of rotatable bonds is 10. The van der Waals surface area contributed by atoms with Crippen LogP contribution in [0.2, 0.25) is 0 Å². The highest BCUT2D eigenvalue weighted by molar-refractivity contribution is 5.87. The fraction of sp³-hybridized carbons (Fsp3) is 0.375. The molecule has 0 atom stereocenters. The lowest BCUT2D eigenvalue weighted by atomic mass is 10.1.